The normalized spacial score (nSPS) is 12.3. The molecule has 0 aliphatic rings. The van der Waals surface area contributed by atoms with E-state index >= 15 is 0 Å². The van der Waals surface area contributed by atoms with Gasteiger partial charge in [-0.2, -0.15) is 0 Å². The number of rotatable bonds is 11. The number of hydrogen-bond acceptors (Lipinski definition) is 4. The van der Waals surface area contributed by atoms with E-state index in [1.807, 2.05) is 43.3 Å². The summed E-state index contributed by atoms with van der Waals surface area (Å²) in [6, 6.07) is 36.1. The Labute approximate surface area is 227 Å². The van der Waals surface area contributed by atoms with Crippen LogP contribution in [0, 0.1) is 6.92 Å². The molecule has 0 aliphatic carbocycles. The van der Waals surface area contributed by atoms with Gasteiger partial charge in [0.1, 0.15) is 18.2 Å². The summed E-state index contributed by atoms with van der Waals surface area (Å²) in [5.41, 5.74) is 7.07. The second kappa shape index (κ2) is 12.7. The lowest BCUT2D eigenvalue weighted by molar-refractivity contribution is 0.254. The number of allylic oxidation sites excluding steroid dienone is 1. The SMILES string of the molecule is CCC(=C(c1ccccc1)c1ccc(OCCN(C)CS(=O)(=O)c2ccc(C)cc2)cc1)c1ccccc1. The zero-order valence-corrected chi connectivity index (χ0v) is 23.1. The lowest BCUT2D eigenvalue weighted by Crippen LogP contribution is -2.30. The molecule has 0 bridgehead atoms. The van der Waals surface area contributed by atoms with E-state index in [1.165, 1.54) is 22.3 Å². The minimum absolute atomic E-state index is 0.0527. The maximum Gasteiger partial charge on any atom is 0.191 e. The Kier molecular flexibility index (Phi) is 9.16. The Morgan fingerprint density at radius 2 is 1.29 bits per heavy atom. The molecular formula is C33H35NO3S. The molecule has 0 aromatic heterocycles. The van der Waals surface area contributed by atoms with Gasteiger partial charge in [0.15, 0.2) is 9.84 Å². The van der Waals surface area contributed by atoms with Crippen molar-refractivity contribution in [2.24, 2.45) is 0 Å². The molecule has 0 saturated carbocycles. The molecule has 0 radical (unpaired) electrons. The van der Waals surface area contributed by atoms with Gasteiger partial charge < -0.3 is 4.74 Å². The molecule has 4 nitrogen and oxygen atoms in total. The van der Waals surface area contributed by atoms with Gasteiger partial charge in [-0.25, -0.2) is 8.42 Å². The number of ether oxygens (including phenoxy) is 1. The molecule has 0 aliphatic heterocycles. The Hall–Kier alpha value is -3.67. The van der Waals surface area contributed by atoms with Gasteiger partial charge in [0.2, 0.25) is 0 Å². The number of sulfone groups is 1. The van der Waals surface area contributed by atoms with Crippen molar-refractivity contribution in [2.75, 3.05) is 26.1 Å². The Morgan fingerprint density at radius 1 is 0.737 bits per heavy atom. The fourth-order valence-electron chi connectivity index (χ4n) is 4.50. The third kappa shape index (κ3) is 7.00. The highest BCUT2D eigenvalue weighted by molar-refractivity contribution is 7.91. The first-order valence-electron chi connectivity index (χ1n) is 12.9. The fraction of sp³-hybridized carbons (Fsp3) is 0.212. The van der Waals surface area contributed by atoms with Crippen molar-refractivity contribution in [1.29, 1.82) is 0 Å². The molecule has 0 heterocycles. The first-order chi connectivity index (χ1) is 18.4. The van der Waals surface area contributed by atoms with Crippen LogP contribution >= 0.6 is 0 Å². The molecule has 4 aromatic rings. The molecular weight excluding hydrogens is 490 g/mol. The van der Waals surface area contributed by atoms with Crippen LogP contribution in [0.3, 0.4) is 0 Å². The first-order valence-corrected chi connectivity index (χ1v) is 14.6. The van der Waals surface area contributed by atoms with Gasteiger partial charge in [0.25, 0.3) is 0 Å². The topological polar surface area (TPSA) is 46.6 Å². The predicted molar refractivity (Wildman–Crippen MR) is 157 cm³/mol. The Morgan fingerprint density at radius 3 is 1.87 bits per heavy atom. The summed E-state index contributed by atoms with van der Waals surface area (Å²) in [6.07, 6.45) is 0.907. The van der Waals surface area contributed by atoms with Crippen LogP contribution in [0.2, 0.25) is 0 Å². The molecule has 0 saturated heterocycles. The van der Waals surface area contributed by atoms with Crippen molar-refractivity contribution in [3.8, 4) is 5.75 Å². The summed E-state index contributed by atoms with van der Waals surface area (Å²) in [5, 5.41) is 0. The number of aryl methyl sites for hydroxylation is 1. The average molecular weight is 526 g/mol. The van der Waals surface area contributed by atoms with Crippen LogP contribution in [0.1, 0.15) is 35.6 Å². The van der Waals surface area contributed by atoms with Crippen molar-refractivity contribution < 1.29 is 13.2 Å². The monoisotopic (exact) mass is 525 g/mol. The number of benzene rings is 4. The van der Waals surface area contributed by atoms with Crippen LogP contribution in [0.5, 0.6) is 5.75 Å². The van der Waals surface area contributed by atoms with Crippen molar-refractivity contribution in [3.05, 3.63) is 131 Å². The molecule has 0 atom stereocenters. The summed E-state index contributed by atoms with van der Waals surface area (Å²) in [7, 11) is -1.58. The smallest absolute Gasteiger partial charge is 0.191 e. The van der Waals surface area contributed by atoms with E-state index in [0.29, 0.717) is 18.0 Å². The van der Waals surface area contributed by atoms with E-state index in [1.54, 1.807) is 24.1 Å². The lowest BCUT2D eigenvalue weighted by Gasteiger charge is -2.18. The van der Waals surface area contributed by atoms with Gasteiger partial charge in [-0.05, 0) is 72.5 Å². The highest BCUT2D eigenvalue weighted by Crippen LogP contribution is 2.34. The van der Waals surface area contributed by atoms with Gasteiger partial charge >= 0.3 is 0 Å². The zero-order valence-electron chi connectivity index (χ0n) is 22.3. The van der Waals surface area contributed by atoms with E-state index in [-0.39, 0.29) is 5.88 Å². The van der Waals surface area contributed by atoms with Crippen LogP contribution in [0.4, 0.5) is 0 Å². The third-order valence-electron chi connectivity index (χ3n) is 6.50. The van der Waals surface area contributed by atoms with Crippen LogP contribution in [0.25, 0.3) is 11.1 Å². The zero-order chi connectivity index (χ0) is 27.0. The Bertz CT molecular complexity index is 1440. The highest BCUT2D eigenvalue weighted by atomic mass is 32.2. The van der Waals surface area contributed by atoms with Crippen LogP contribution in [-0.4, -0.2) is 39.4 Å². The van der Waals surface area contributed by atoms with Crippen LogP contribution < -0.4 is 4.74 Å². The van der Waals surface area contributed by atoms with E-state index in [2.05, 4.69) is 67.6 Å². The van der Waals surface area contributed by atoms with Crippen molar-refractivity contribution in [1.82, 2.24) is 4.90 Å². The summed E-state index contributed by atoms with van der Waals surface area (Å²) in [4.78, 5) is 2.11. The molecule has 0 fully saturated rings. The second-order valence-corrected chi connectivity index (χ2v) is 11.4. The van der Waals surface area contributed by atoms with Crippen LogP contribution in [-0.2, 0) is 9.84 Å². The second-order valence-electron chi connectivity index (χ2n) is 9.45. The molecule has 5 heteroatoms. The summed E-state index contributed by atoms with van der Waals surface area (Å²) < 4.78 is 31.4. The number of nitrogens with zero attached hydrogens (tertiary/aromatic N) is 1. The minimum atomic E-state index is -3.38. The standard InChI is InChI=1S/C33H35NO3S/c1-4-32(27-11-7-5-8-12-27)33(28-13-9-6-10-14-28)29-17-19-30(20-18-29)37-24-23-34(3)25-38(35,36)31-21-15-26(2)16-22-31/h5-22H,4,23-25H2,1-3H3. The Balaban J connectivity index is 1.45. The van der Waals surface area contributed by atoms with Crippen molar-refractivity contribution in [2.45, 2.75) is 25.2 Å². The first kappa shape index (κ1) is 27.4. The number of likely N-dealkylation sites (N-methyl/N-ethyl adjacent to an activating group) is 1. The van der Waals surface area contributed by atoms with Gasteiger partial charge in [0, 0.05) is 6.54 Å². The molecule has 196 valence electrons. The van der Waals surface area contributed by atoms with Crippen molar-refractivity contribution >= 4 is 21.0 Å². The predicted octanol–water partition coefficient (Wildman–Crippen LogP) is 7.11. The maximum atomic E-state index is 12.7. The molecule has 4 aromatic carbocycles. The van der Waals surface area contributed by atoms with Gasteiger partial charge in [-0.1, -0.05) is 97.4 Å². The van der Waals surface area contributed by atoms with E-state index in [4.69, 9.17) is 4.74 Å². The van der Waals surface area contributed by atoms with E-state index in [0.717, 1.165) is 23.3 Å². The van der Waals surface area contributed by atoms with E-state index in [9.17, 15) is 8.42 Å². The van der Waals surface area contributed by atoms with Crippen molar-refractivity contribution in [3.63, 3.8) is 0 Å². The van der Waals surface area contributed by atoms with E-state index < -0.39 is 9.84 Å². The average Bonchev–Trinajstić information content (AvgIpc) is 2.93. The van der Waals surface area contributed by atoms with Crippen LogP contribution in [0.15, 0.2) is 114 Å². The molecule has 4 rings (SSSR count). The lowest BCUT2D eigenvalue weighted by atomic mass is 9.88. The quantitative estimate of drug-likeness (QED) is 0.196. The molecule has 0 unspecified atom stereocenters. The molecule has 38 heavy (non-hydrogen) atoms. The van der Waals surface area contributed by atoms with Gasteiger partial charge in [-0.15, -0.1) is 0 Å². The molecule has 0 spiro atoms. The maximum absolute atomic E-state index is 12.7. The highest BCUT2D eigenvalue weighted by Gasteiger charge is 2.17. The number of hydrogen-bond donors (Lipinski definition) is 0. The molecule has 0 N–H and O–H groups in total. The van der Waals surface area contributed by atoms with Gasteiger partial charge in [-0.3, -0.25) is 4.90 Å². The summed E-state index contributed by atoms with van der Waals surface area (Å²) in [5.74, 6) is 0.705. The summed E-state index contributed by atoms with van der Waals surface area (Å²) in [6.45, 7) is 5.02. The summed E-state index contributed by atoms with van der Waals surface area (Å²) >= 11 is 0. The fourth-order valence-corrected chi connectivity index (χ4v) is 5.91. The van der Waals surface area contributed by atoms with Gasteiger partial charge in [0.05, 0.1) is 4.90 Å². The largest absolute Gasteiger partial charge is 0.492 e. The third-order valence-corrected chi connectivity index (χ3v) is 8.27. The minimum Gasteiger partial charge on any atom is -0.492 e. The molecule has 0 amide bonds.